The molecule has 1 aromatic rings. The van der Waals surface area contributed by atoms with Crippen LogP contribution in [0.1, 0.15) is 11.1 Å². The zero-order valence-corrected chi connectivity index (χ0v) is 10.3. The molecule has 1 unspecified atom stereocenters. The summed E-state index contributed by atoms with van der Waals surface area (Å²) in [6.07, 6.45) is 2.25. The number of likely N-dealkylation sites (N-methyl/N-ethyl adjacent to an activating group) is 1. The molecule has 0 radical (unpaired) electrons. The molecule has 0 saturated heterocycles. The third kappa shape index (κ3) is 1.85. The second-order valence-corrected chi connectivity index (χ2v) is 5.00. The molecule has 13 heavy (non-hydrogen) atoms. The molecule has 0 saturated carbocycles. The molecule has 1 aliphatic rings. The zero-order valence-electron chi connectivity index (χ0n) is 7.40. The van der Waals surface area contributed by atoms with E-state index in [4.69, 9.17) is 11.6 Å². The van der Waals surface area contributed by atoms with Crippen molar-refractivity contribution in [3.05, 3.63) is 31.9 Å². The minimum atomic E-state index is 0.601. The standard InChI is InChI=1S/C10H11ClIN/c1-13-8-2-6-4-9(11)10(12)5-7(6)3-8/h4-5,8,13H,2-3H2,1H3. The fraction of sp³-hybridized carbons (Fsp3) is 0.400. The number of hydrogen-bond donors (Lipinski definition) is 1. The summed E-state index contributed by atoms with van der Waals surface area (Å²) in [5.74, 6) is 0. The maximum atomic E-state index is 6.06. The second kappa shape index (κ2) is 3.75. The third-order valence-electron chi connectivity index (χ3n) is 2.58. The summed E-state index contributed by atoms with van der Waals surface area (Å²) >= 11 is 8.34. The van der Waals surface area contributed by atoms with E-state index >= 15 is 0 Å². The Morgan fingerprint density at radius 1 is 1.38 bits per heavy atom. The summed E-state index contributed by atoms with van der Waals surface area (Å²) in [6, 6.07) is 4.91. The molecular weight excluding hydrogens is 296 g/mol. The summed E-state index contributed by atoms with van der Waals surface area (Å²) in [5, 5.41) is 4.19. The molecule has 0 spiro atoms. The van der Waals surface area contributed by atoms with E-state index in [9.17, 15) is 0 Å². The highest BCUT2D eigenvalue weighted by Gasteiger charge is 2.20. The predicted octanol–water partition coefficient (Wildman–Crippen LogP) is 2.63. The van der Waals surface area contributed by atoms with Gasteiger partial charge in [0.25, 0.3) is 0 Å². The average Bonchev–Trinajstić information content (AvgIpc) is 2.48. The number of benzene rings is 1. The van der Waals surface area contributed by atoms with Crippen molar-refractivity contribution >= 4 is 34.2 Å². The lowest BCUT2D eigenvalue weighted by atomic mass is 10.1. The minimum absolute atomic E-state index is 0.601. The van der Waals surface area contributed by atoms with Gasteiger partial charge in [0.15, 0.2) is 0 Å². The van der Waals surface area contributed by atoms with Gasteiger partial charge in [-0.1, -0.05) is 11.6 Å². The highest BCUT2D eigenvalue weighted by atomic mass is 127. The molecule has 0 aliphatic heterocycles. The molecule has 1 N–H and O–H groups in total. The van der Waals surface area contributed by atoms with Gasteiger partial charge in [0, 0.05) is 9.61 Å². The first-order chi connectivity index (χ1) is 6.20. The van der Waals surface area contributed by atoms with Crippen LogP contribution < -0.4 is 5.32 Å². The van der Waals surface area contributed by atoms with Crippen molar-refractivity contribution in [3.63, 3.8) is 0 Å². The van der Waals surface area contributed by atoms with Crippen LogP contribution in [0.5, 0.6) is 0 Å². The van der Waals surface area contributed by atoms with Crippen molar-refractivity contribution < 1.29 is 0 Å². The molecule has 1 aliphatic carbocycles. The SMILES string of the molecule is CNC1Cc2cc(Cl)c(I)cc2C1. The predicted molar refractivity (Wildman–Crippen MR) is 64.4 cm³/mol. The first-order valence-electron chi connectivity index (χ1n) is 4.34. The van der Waals surface area contributed by atoms with Gasteiger partial charge in [-0.15, -0.1) is 0 Å². The molecule has 0 heterocycles. The maximum absolute atomic E-state index is 6.06. The Hall–Kier alpha value is 0.200. The quantitative estimate of drug-likeness (QED) is 0.787. The summed E-state index contributed by atoms with van der Waals surface area (Å²) < 4.78 is 1.16. The lowest BCUT2D eigenvalue weighted by molar-refractivity contribution is 0.593. The monoisotopic (exact) mass is 307 g/mol. The van der Waals surface area contributed by atoms with E-state index in [1.165, 1.54) is 11.1 Å². The van der Waals surface area contributed by atoms with E-state index in [-0.39, 0.29) is 0 Å². The number of nitrogens with one attached hydrogen (secondary N) is 1. The van der Waals surface area contributed by atoms with Crippen molar-refractivity contribution in [1.82, 2.24) is 5.32 Å². The van der Waals surface area contributed by atoms with Crippen LogP contribution >= 0.6 is 34.2 Å². The van der Waals surface area contributed by atoms with Gasteiger partial charge < -0.3 is 5.32 Å². The zero-order chi connectivity index (χ0) is 9.42. The van der Waals surface area contributed by atoms with Gasteiger partial charge in [-0.2, -0.15) is 0 Å². The van der Waals surface area contributed by atoms with E-state index < -0.39 is 0 Å². The Kier molecular flexibility index (Phi) is 2.81. The average molecular weight is 308 g/mol. The fourth-order valence-electron chi connectivity index (χ4n) is 1.82. The fourth-order valence-corrected chi connectivity index (χ4v) is 2.53. The van der Waals surface area contributed by atoms with Gasteiger partial charge in [-0.05, 0) is 65.7 Å². The summed E-state index contributed by atoms with van der Waals surface area (Å²) in [7, 11) is 2.02. The molecule has 0 fully saturated rings. The summed E-state index contributed by atoms with van der Waals surface area (Å²) in [6.45, 7) is 0. The van der Waals surface area contributed by atoms with Gasteiger partial charge >= 0.3 is 0 Å². The van der Waals surface area contributed by atoms with E-state index in [1.807, 2.05) is 7.05 Å². The van der Waals surface area contributed by atoms with Gasteiger partial charge in [-0.3, -0.25) is 0 Å². The molecule has 3 heteroatoms. The molecular formula is C10H11ClIN. The van der Waals surface area contributed by atoms with Crippen LogP contribution in [0.25, 0.3) is 0 Å². The lowest BCUT2D eigenvalue weighted by Crippen LogP contribution is -2.24. The van der Waals surface area contributed by atoms with Crippen LogP contribution in [-0.2, 0) is 12.8 Å². The van der Waals surface area contributed by atoms with Crippen molar-refractivity contribution in [2.75, 3.05) is 7.05 Å². The van der Waals surface area contributed by atoms with Crippen LogP contribution in [-0.4, -0.2) is 13.1 Å². The number of hydrogen-bond acceptors (Lipinski definition) is 1. The van der Waals surface area contributed by atoms with Crippen molar-refractivity contribution in [1.29, 1.82) is 0 Å². The largest absolute Gasteiger partial charge is 0.316 e. The van der Waals surface area contributed by atoms with Gasteiger partial charge in [0.2, 0.25) is 0 Å². The molecule has 70 valence electrons. The van der Waals surface area contributed by atoms with E-state index in [1.54, 1.807) is 0 Å². The minimum Gasteiger partial charge on any atom is -0.316 e. The summed E-state index contributed by atoms with van der Waals surface area (Å²) in [4.78, 5) is 0. The Bertz CT molecular complexity index is 307. The van der Waals surface area contributed by atoms with Crippen LogP contribution in [0.4, 0.5) is 0 Å². The summed E-state index contributed by atoms with van der Waals surface area (Å²) in [5.41, 5.74) is 2.86. The van der Waals surface area contributed by atoms with Gasteiger partial charge in [0.1, 0.15) is 0 Å². The Balaban J connectivity index is 2.36. The normalized spacial score (nSPS) is 20.4. The Morgan fingerprint density at radius 2 is 2.00 bits per heavy atom. The Labute approximate surface area is 97.0 Å². The van der Waals surface area contributed by atoms with Crippen LogP contribution in [0.15, 0.2) is 12.1 Å². The smallest absolute Gasteiger partial charge is 0.0542 e. The molecule has 0 aromatic heterocycles. The van der Waals surface area contributed by atoms with Crippen LogP contribution in [0.2, 0.25) is 5.02 Å². The van der Waals surface area contributed by atoms with E-state index in [0.29, 0.717) is 6.04 Å². The molecule has 1 aromatic carbocycles. The number of halogens is 2. The third-order valence-corrected chi connectivity index (χ3v) is 4.11. The van der Waals surface area contributed by atoms with Gasteiger partial charge in [-0.25, -0.2) is 0 Å². The first-order valence-corrected chi connectivity index (χ1v) is 5.80. The first kappa shape index (κ1) is 9.74. The molecule has 0 bridgehead atoms. The topological polar surface area (TPSA) is 12.0 Å². The van der Waals surface area contributed by atoms with Crippen LogP contribution in [0.3, 0.4) is 0 Å². The highest BCUT2D eigenvalue weighted by molar-refractivity contribution is 14.1. The van der Waals surface area contributed by atoms with Crippen molar-refractivity contribution in [3.8, 4) is 0 Å². The molecule has 1 atom stereocenters. The number of rotatable bonds is 1. The highest BCUT2D eigenvalue weighted by Crippen LogP contribution is 2.29. The number of fused-ring (bicyclic) bond motifs is 1. The molecule has 2 rings (SSSR count). The maximum Gasteiger partial charge on any atom is 0.0542 e. The van der Waals surface area contributed by atoms with Crippen LogP contribution in [0, 0.1) is 3.57 Å². The second-order valence-electron chi connectivity index (χ2n) is 3.43. The van der Waals surface area contributed by atoms with Gasteiger partial charge in [0.05, 0.1) is 5.02 Å². The van der Waals surface area contributed by atoms with E-state index in [2.05, 4.69) is 40.0 Å². The molecule has 0 amide bonds. The lowest BCUT2D eigenvalue weighted by Gasteiger charge is -2.04. The van der Waals surface area contributed by atoms with E-state index in [0.717, 1.165) is 21.4 Å². The van der Waals surface area contributed by atoms with Crippen molar-refractivity contribution in [2.24, 2.45) is 0 Å². The van der Waals surface area contributed by atoms with Crippen molar-refractivity contribution in [2.45, 2.75) is 18.9 Å². The Morgan fingerprint density at radius 3 is 2.62 bits per heavy atom. The molecule has 1 nitrogen and oxygen atoms in total.